The molecule has 20 heavy (non-hydrogen) atoms. The van der Waals surface area contributed by atoms with E-state index in [9.17, 15) is 4.39 Å². The Morgan fingerprint density at radius 3 is 2.55 bits per heavy atom. The summed E-state index contributed by atoms with van der Waals surface area (Å²) in [6, 6.07) is 5.46. The average molecular weight is 298 g/mol. The monoisotopic (exact) mass is 297 g/mol. The molecule has 3 heteroatoms. The van der Waals surface area contributed by atoms with E-state index >= 15 is 0 Å². The summed E-state index contributed by atoms with van der Waals surface area (Å²) in [7, 11) is 0. The van der Waals surface area contributed by atoms with Crippen LogP contribution in [0, 0.1) is 5.82 Å². The summed E-state index contributed by atoms with van der Waals surface area (Å²) in [5.41, 5.74) is 0.733. The molecule has 1 fully saturated rings. The highest BCUT2D eigenvalue weighted by Gasteiger charge is 2.35. The first-order valence-electron chi connectivity index (χ1n) is 7.85. The predicted molar refractivity (Wildman–Crippen MR) is 84.0 cm³/mol. The van der Waals surface area contributed by atoms with Gasteiger partial charge in [0.25, 0.3) is 0 Å². The molecule has 1 saturated carbocycles. The normalized spacial score (nSPS) is 18.8. The number of rotatable bonds is 5. The highest BCUT2D eigenvalue weighted by atomic mass is 35.5. The standard InChI is InChI=1S/C17H25ClFN/c1-2-12-20-13-17(10-5-3-4-6-11-17)14-8-7-9-15(18)16(14)19/h7-9,20H,2-6,10-13H2,1H3. The van der Waals surface area contributed by atoms with Crippen LogP contribution in [0.1, 0.15) is 57.4 Å². The Morgan fingerprint density at radius 2 is 1.90 bits per heavy atom. The van der Waals surface area contributed by atoms with E-state index in [-0.39, 0.29) is 16.3 Å². The third-order valence-electron chi connectivity index (χ3n) is 4.47. The quantitative estimate of drug-likeness (QED) is 0.591. The van der Waals surface area contributed by atoms with E-state index in [0.717, 1.165) is 37.9 Å². The molecule has 0 radical (unpaired) electrons. The van der Waals surface area contributed by atoms with E-state index < -0.39 is 0 Å². The van der Waals surface area contributed by atoms with Crippen LogP contribution in [-0.2, 0) is 5.41 Å². The molecular weight excluding hydrogens is 273 g/mol. The fraction of sp³-hybridized carbons (Fsp3) is 0.647. The molecule has 1 aromatic rings. The number of benzene rings is 1. The molecule has 1 N–H and O–H groups in total. The van der Waals surface area contributed by atoms with Gasteiger partial charge in [-0.15, -0.1) is 0 Å². The van der Waals surface area contributed by atoms with Crippen LogP contribution in [0.2, 0.25) is 5.02 Å². The van der Waals surface area contributed by atoms with E-state index in [1.165, 1.54) is 25.7 Å². The largest absolute Gasteiger partial charge is 0.316 e. The van der Waals surface area contributed by atoms with Crippen molar-refractivity contribution in [2.24, 2.45) is 0 Å². The van der Waals surface area contributed by atoms with Gasteiger partial charge >= 0.3 is 0 Å². The summed E-state index contributed by atoms with van der Waals surface area (Å²) in [5, 5.41) is 3.76. The zero-order valence-corrected chi connectivity index (χ0v) is 13.1. The van der Waals surface area contributed by atoms with Crippen LogP contribution in [0.5, 0.6) is 0 Å². The molecule has 1 aromatic carbocycles. The van der Waals surface area contributed by atoms with Gasteiger partial charge < -0.3 is 5.32 Å². The first kappa shape index (κ1) is 15.8. The Morgan fingerprint density at radius 1 is 1.20 bits per heavy atom. The minimum Gasteiger partial charge on any atom is -0.316 e. The van der Waals surface area contributed by atoms with Crippen molar-refractivity contribution in [3.8, 4) is 0 Å². The van der Waals surface area contributed by atoms with Crippen molar-refractivity contribution in [1.29, 1.82) is 0 Å². The molecule has 0 amide bonds. The second kappa shape index (κ2) is 7.42. The molecule has 0 unspecified atom stereocenters. The van der Waals surface area contributed by atoms with Gasteiger partial charge in [-0.1, -0.05) is 56.3 Å². The van der Waals surface area contributed by atoms with Crippen LogP contribution in [0.3, 0.4) is 0 Å². The van der Waals surface area contributed by atoms with Crippen molar-refractivity contribution in [2.75, 3.05) is 13.1 Å². The van der Waals surface area contributed by atoms with E-state index in [0.29, 0.717) is 0 Å². The lowest BCUT2D eigenvalue weighted by Crippen LogP contribution is -2.39. The Hall–Kier alpha value is -0.600. The molecule has 0 aliphatic heterocycles. The van der Waals surface area contributed by atoms with Gasteiger partial charge in [-0.2, -0.15) is 0 Å². The summed E-state index contributed by atoms with van der Waals surface area (Å²) in [4.78, 5) is 0. The summed E-state index contributed by atoms with van der Waals surface area (Å²) in [6.07, 6.45) is 8.10. The summed E-state index contributed by atoms with van der Waals surface area (Å²) >= 11 is 6.00. The van der Waals surface area contributed by atoms with Crippen LogP contribution in [0.4, 0.5) is 4.39 Å². The topological polar surface area (TPSA) is 12.0 Å². The Bertz CT molecular complexity index is 425. The zero-order valence-electron chi connectivity index (χ0n) is 12.4. The van der Waals surface area contributed by atoms with Crippen molar-refractivity contribution < 1.29 is 4.39 Å². The maximum Gasteiger partial charge on any atom is 0.145 e. The predicted octanol–water partition coefficient (Wildman–Crippen LogP) is 5.07. The molecular formula is C17H25ClFN. The molecule has 0 aromatic heterocycles. The van der Waals surface area contributed by atoms with E-state index in [2.05, 4.69) is 12.2 Å². The number of hydrogen-bond acceptors (Lipinski definition) is 1. The lowest BCUT2D eigenvalue weighted by atomic mass is 9.74. The Kier molecular flexibility index (Phi) is 5.86. The second-order valence-corrected chi connectivity index (χ2v) is 6.38. The molecule has 0 bridgehead atoms. The molecule has 0 heterocycles. The van der Waals surface area contributed by atoms with Gasteiger partial charge in [0.05, 0.1) is 5.02 Å². The van der Waals surface area contributed by atoms with Crippen molar-refractivity contribution >= 4 is 11.6 Å². The van der Waals surface area contributed by atoms with Crippen LogP contribution in [0.25, 0.3) is 0 Å². The van der Waals surface area contributed by atoms with Crippen LogP contribution >= 0.6 is 11.6 Å². The average Bonchev–Trinajstić information content (AvgIpc) is 2.69. The van der Waals surface area contributed by atoms with Crippen LogP contribution < -0.4 is 5.32 Å². The summed E-state index contributed by atoms with van der Waals surface area (Å²) in [6.45, 7) is 4.01. The fourth-order valence-electron chi connectivity index (χ4n) is 3.36. The maximum absolute atomic E-state index is 14.5. The van der Waals surface area contributed by atoms with Gasteiger partial charge in [0, 0.05) is 12.0 Å². The molecule has 1 aliphatic carbocycles. The number of halogens is 2. The zero-order chi connectivity index (χ0) is 14.4. The number of hydrogen-bond donors (Lipinski definition) is 1. The van der Waals surface area contributed by atoms with Gasteiger partial charge in [-0.25, -0.2) is 4.39 Å². The van der Waals surface area contributed by atoms with Gasteiger partial charge in [-0.3, -0.25) is 0 Å². The molecule has 0 saturated heterocycles. The van der Waals surface area contributed by atoms with Crippen molar-refractivity contribution in [3.05, 3.63) is 34.6 Å². The van der Waals surface area contributed by atoms with Crippen LogP contribution in [-0.4, -0.2) is 13.1 Å². The molecule has 2 rings (SSSR count). The smallest absolute Gasteiger partial charge is 0.145 e. The maximum atomic E-state index is 14.5. The first-order valence-corrected chi connectivity index (χ1v) is 8.22. The second-order valence-electron chi connectivity index (χ2n) is 5.97. The van der Waals surface area contributed by atoms with E-state index in [1.807, 2.05) is 12.1 Å². The minimum atomic E-state index is -0.214. The van der Waals surface area contributed by atoms with Gasteiger partial charge in [0.2, 0.25) is 0 Å². The third-order valence-corrected chi connectivity index (χ3v) is 4.77. The Labute approximate surface area is 126 Å². The van der Waals surface area contributed by atoms with Gasteiger partial charge in [0.15, 0.2) is 0 Å². The highest BCUT2D eigenvalue weighted by molar-refractivity contribution is 6.30. The van der Waals surface area contributed by atoms with Crippen LogP contribution in [0.15, 0.2) is 18.2 Å². The number of nitrogens with one attached hydrogen (secondary N) is 1. The minimum absolute atomic E-state index is 0.0827. The SMILES string of the molecule is CCCNCC1(c2cccc(Cl)c2F)CCCCCC1. The highest BCUT2D eigenvalue weighted by Crippen LogP contribution is 2.40. The molecule has 1 nitrogen and oxygen atoms in total. The molecule has 0 spiro atoms. The van der Waals surface area contributed by atoms with Crippen molar-refractivity contribution in [2.45, 2.75) is 57.3 Å². The summed E-state index contributed by atoms with van der Waals surface area (Å²) < 4.78 is 14.5. The van der Waals surface area contributed by atoms with Crippen molar-refractivity contribution in [3.63, 3.8) is 0 Å². The summed E-state index contributed by atoms with van der Waals surface area (Å²) in [5.74, 6) is -0.214. The third kappa shape index (κ3) is 3.53. The Balaban J connectivity index is 2.31. The van der Waals surface area contributed by atoms with Crippen molar-refractivity contribution in [1.82, 2.24) is 5.32 Å². The lowest BCUT2D eigenvalue weighted by Gasteiger charge is -2.34. The molecule has 0 atom stereocenters. The van der Waals surface area contributed by atoms with E-state index in [1.54, 1.807) is 6.07 Å². The fourth-order valence-corrected chi connectivity index (χ4v) is 3.54. The first-order chi connectivity index (χ1) is 9.69. The molecule has 1 aliphatic rings. The molecule has 112 valence electrons. The lowest BCUT2D eigenvalue weighted by molar-refractivity contribution is 0.335. The van der Waals surface area contributed by atoms with Gasteiger partial charge in [-0.05, 0) is 37.4 Å². The van der Waals surface area contributed by atoms with Gasteiger partial charge in [0.1, 0.15) is 5.82 Å². The van der Waals surface area contributed by atoms with E-state index in [4.69, 9.17) is 11.6 Å².